The average Bonchev–Trinajstić information content (AvgIpc) is 2.91. The van der Waals surface area contributed by atoms with Gasteiger partial charge in [-0.15, -0.1) is 0 Å². The maximum absolute atomic E-state index is 12.5. The Balaban J connectivity index is 2.34. The summed E-state index contributed by atoms with van der Waals surface area (Å²) in [5, 5.41) is 10.3. The van der Waals surface area contributed by atoms with Crippen molar-refractivity contribution in [1.82, 2.24) is 4.72 Å². The molecule has 23 heavy (non-hydrogen) atoms. The molecule has 1 saturated carbocycles. The normalized spacial score (nSPS) is 18.0. The molecular formula is C14H21NO6S2. The van der Waals surface area contributed by atoms with Gasteiger partial charge in [0.1, 0.15) is 10.6 Å². The summed E-state index contributed by atoms with van der Waals surface area (Å²) < 4.78 is 55.6. The number of hydrogen-bond acceptors (Lipinski definition) is 6. The molecule has 9 heteroatoms. The smallest absolute Gasteiger partial charge is 0.244 e. The van der Waals surface area contributed by atoms with E-state index in [1.807, 2.05) is 0 Å². The van der Waals surface area contributed by atoms with Gasteiger partial charge in [0, 0.05) is 12.8 Å². The molecule has 0 amide bonds. The molecule has 130 valence electrons. The minimum atomic E-state index is -4.01. The summed E-state index contributed by atoms with van der Waals surface area (Å²) >= 11 is 0. The number of aliphatic hydroxyl groups is 1. The number of sulfonamides is 1. The third kappa shape index (κ3) is 4.23. The van der Waals surface area contributed by atoms with Gasteiger partial charge in [-0.1, -0.05) is 12.8 Å². The van der Waals surface area contributed by atoms with Crippen molar-refractivity contribution in [3.63, 3.8) is 0 Å². The highest BCUT2D eigenvalue weighted by Gasteiger charge is 2.33. The lowest BCUT2D eigenvalue weighted by atomic mass is 10.0. The van der Waals surface area contributed by atoms with Gasteiger partial charge < -0.3 is 9.84 Å². The summed E-state index contributed by atoms with van der Waals surface area (Å²) in [4.78, 5) is -0.372. The number of sulfone groups is 1. The highest BCUT2D eigenvalue weighted by atomic mass is 32.2. The first-order valence-corrected chi connectivity index (χ1v) is 10.6. The van der Waals surface area contributed by atoms with Gasteiger partial charge in [-0.25, -0.2) is 21.6 Å². The molecule has 0 bridgehead atoms. The Morgan fingerprint density at radius 2 is 1.83 bits per heavy atom. The van der Waals surface area contributed by atoms with Crippen LogP contribution in [0.2, 0.25) is 0 Å². The van der Waals surface area contributed by atoms with E-state index in [1.165, 1.54) is 19.2 Å². The highest BCUT2D eigenvalue weighted by molar-refractivity contribution is 7.91. The first-order chi connectivity index (χ1) is 10.6. The van der Waals surface area contributed by atoms with Crippen molar-refractivity contribution in [2.24, 2.45) is 0 Å². The van der Waals surface area contributed by atoms with Crippen molar-refractivity contribution in [3.8, 4) is 5.75 Å². The van der Waals surface area contributed by atoms with Crippen molar-refractivity contribution in [2.45, 2.75) is 41.1 Å². The van der Waals surface area contributed by atoms with Crippen molar-refractivity contribution in [3.05, 3.63) is 18.2 Å². The lowest BCUT2D eigenvalue weighted by molar-refractivity contribution is 0.0531. The lowest BCUT2D eigenvalue weighted by Crippen LogP contribution is -2.40. The van der Waals surface area contributed by atoms with Gasteiger partial charge in [0.05, 0.1) is 17.6 Å². The molecule has 0 spiro atoms. The minimum absolute atomic E-state index is 0.0447. The van der Waals surface area contributed by atoms with E-state index in [-0.39, 0.29) is 22.1 Å². The SMILES string of the molecule is COc1ccc(S(C)(=O)=O)cc1S(=O)(=O)NCC1(O)CCCC1. The van der Waals surface area contributed by atoms with E-state index in [1.54, 1.807) is 0 Å². The van der Waals surface area contributed by atoms with Crippen molar-refractivity contribution in [1.29, 1.82) is 0 Å². The molecule has 2 rings (SSSR count). The summed E-state index contributed by atoms with van der Waals surface area (Å²) in [5.74, 6) is 0.0447. The van der Waals surface area contributed by atoms with Gasteiger partial charge in [-0.3, -0.25) is 0 Å². The molecule has 0 aliphatic heterocycles. The van der Waals surface area contributed by atoms with Crippen LogP contribution < -0.4 is 9.46 Å². The van der Waals surface area contributed by atoms with Gasteiger partial charge in [0.25, 0.3) is 0 Å². The van der Waals surface area contributed by atoms with Gasteiger partial charge in [-0.05, 0) is 31.0 Å². The maximum Gasteiger partial charge on any atom is 0.244 e. The second-order valence-corrected chi connectivity index (χ2v) is 9.59. The van der Waals surface area contributed by atoms with E-state index in [9.17, 15) is 21.9 Å². The molecule has 0 heterocycles. The van der Waals surface area contributed by atoms with Crippen LogP contribution in [0.4, 0.5) is 0 Å². The van der Waals surface area contributed by atoms with Crippen LogP contribution in [0.3, 0.4) is 0 Å². The highest BCUT2D eigenvalue weighted by Crippen LogP contribution is 2.30. The van der Waals surface area contributed by atoms with E-state index < -0.39 is 25.5 Å². The molecule has 1 aromatic rings. The van der Waals surface area contributed by atoms with Crippen LogP contribution in [-0.2, 0) is 19.9 Å². The molecule has 0 atom stereocenters. The fourth-order valence-electron chi connectivity index (χ4n) is 2.61. The molecule has 1 fully saturated rings. The lowest BCUT2D eigenvalue weighted by Gasteiger charge is -2.22. The zero-order valence-electron chi connectivity index (χ0n) is 13.1. The van der Waals surface area contributed by atoms with Crippen molar-refractivity contribution >= 4 is 19.9 Å². The molecule has 0 unspecified atom stereocenters. The maximum atomic E-state index is 12.5. The summed E-state index contributed by atoms with van der Waals surface area (Å²) in [6.07, 6.45) is 3.78. The number of methoxy groups -OCH3 is 1. The van der Waals surface area contributed by atoms with Crippen LogP contribution in [0, 0.1) is 0 Å². The number of hydrogen-bond donors (Lipinski definition) is 2. The first kappa shape index (κ1) is 18.2. The molecule has 2 N–H and O–H groups in total. The Morgan fingerprint density at radius 1 is 1.22 bits per heavy atom. The molecular weight excluding hydrogens is 342 g/mol. The van der Waals surface area contributed by atoms with E-state index in [0.29, 0.717) is 12.8 Å². The molecule has 1 aromatic carbocycles. The van der Waals surface area contributed by atoms with Crippen LogP contribution in [0.25, 0.3) is 0 Å². The summed E-state index contributed by atoms with van der Waals surface area (Å²) in [5.41, 5.74) is -1.05. The fourth-order valence-corrected chi connectivity index (χ4v) is 4.65. The zero-order chi connectivity index (χ0) is 17.3. The number of nitrogens with one attached hydrogen (secondary N) is 1. The second-order valence-electron chi connectivity index (χ2n) is 5.84. The monoisotopic (exact) mass is 363 g/mol. The van der Waals surface area contributed by atoms with Crippen LogP contribution in [0.1, 0.15) is 25.7 Å². The number of rotatable bonds is 6. The van der Waals surface area contributed by atoms with Crippen LogP contribution in [-0.4, -0.2) is 47.5 Å². The fraction of sp³-hybridized carbons (Fsp3) is 0.571. The third-order valence-electron chi connectivity index (χ3n) is 3.98. The van der Waals surface area contributed by atoms with Gasteiger partial charge in [0.15, 0.2) is 9.84 Å². The molecule has 0 radical (unpaired) electrons. The summed E-state index contributed by atoms with van der Waals surface area (Å²) in [6, 6.07) is 3.65. The van der Waals surface area contributed by atoms with E-state index in [4.69, 9.17) is 4.74 Å². The van der Waals surface area contributed by atoms with E-state index >= 15 is 0 Å². The molecule has 0 aromatic heterocycles. The Bertz CT molecular complexity index is 779. The van der Waals surface area contributed by atoms with Crippen molar-refractivity contribution in [2.75, 3.05) is 19.9 Å². The first-order valence-electron chi connectivity index (χ1n) is 7.18. The topological polar surface area (TPSA) is 110 Å². The quantitative estimate of drug-likeness (QED) is 0.769. The standard InChI is InChI=1S/C14H21NO6S2/c1-21-12-6-5-11(22(2,17)18)9-13(12)23(19,20)15-10-14(16)7-3-4-8-14/h5-6,9,15-16H,3-4,7-8,10H2,1-2H3. The number of benzene rings is 1. The predicted octanol–water partition coefficient (Wildman–Crippen LogP) is 0.682. The van der Waals surface area contributed by atoms with Gasteiger partial charge in [-0.2, -0.15) is 0 Å². The Morgan fingerprint density at radius 3 is 2.35 bits per heavy atom. The van der Waals surface area contributed by atoms with Crippen molar-refractivity contribution < 1.29 is 26.7 Å². The minimum Gasteiger partial charge on any atom is -0.495 e. The van der Waals surface area contributed by atoms with Crippen LogP contribution in [0.15, 0.2) is 28.0 Å². The summed E-state index contributed by atoms with van der Waals surface area (Å²) in [6.45, 7) is -0.110. The number of ether oxygens (including phenoxy) is 1. The van der Waals surface area contributed by atoms with Gasteiger partial charge in [0.2, 0.25) is 10.0 Å². The largest absolute Gasteiger partial charge is 0.495 e. The Hall–Kier alpha value is -1.16. The second kappa shape index (κ2) is 6.39. The zero-order valence-corrected chi connectivity index (χ0v) is 14.7. The Kier molecular flexibility index (Phi) is 5.05. The predicted molar refractivity (Wildman–Crippen MR) is 84.7 cm³/mol. The molecule has 0 saturated heterocycles. The third-order valence-corrected chi connectivity index (χ3v) is 6.51. The summed E-state index contributed by atoms with van der Waals surface area (Å²) in [7, 11) is -6.26. The van der Waals surface area contributed by atoms with E-state index in [2.05, 4.69) is 4.72 Å². The van der Waals surface area contributed by atoms with Gasteiger partial charge >= 0.3 is 0 Å². The molecule has 7 nitrogen and oxygen atoms in total. The van der Waals surface area contributed by atoms with E-state index in [0.717, 1.165) is 25.2 Å². The Labute approximate surface area is 136 Å². The average molecular weight is 363 g/mol. The molecule has 1 aliphatic rings. The van der Waals surface area contributed by atoms with Crippen LogP contribution in [0.5, 0.6) is 5.75 Å². The van der Waals surface area contributed by atoms with Crippen LogP contribution >= 0.6 is 0 Å². The molecule has 1 aliphatic carbocycles.